The molecule has 0 aromatic heterocycles. The van der Waals surface area contributed by atoms with Gasteiger partial charge in [0.2, 0.25) is 5.91 Å². The molecule has 1 rings (SSSR count). The van der Waals surface area contributed by atoms with E-state index in [0.717, 1.165) is 26.2 Å². The summed E-state index contributed by atoms with van der Waals surface area (Å²) >= 11 is 0. The van der Waals surface area contributed by atoms with Crippen molar-refractivity contribution in [2.45, 2.75) is 32.4 Å². The van der Waals surface area contributed by atoms with Gasteiger partial charge in [-0.05, 0) is 27.4 Å². The SMILES string of the molecule is CCNC(C)(CN1CCN(C)CC1C)C(N)=O. The molecule has 0 aliphatic carbocycles. The first kappa shape index (κ1) is 14.4. The van der Waals surface area contributed by atoms with E-state index in [4.69, 9.17) is 5.73 Å². The van der Waals surface area contributed by atoms with Crippen molar-refractivity contribution in [1.29, 1.82) is 0 Å². The summed E-state index contributed by atoms with van der Waals surface area (Å²) in [5, 5.41) is 3.21. The van der Waals surface area contributed by atoms with Crippen molar-refractivity contribution in [3.8, 4) is 0 Å². The van der Waals surface area contributed by atoms with Crippen molar-refractivity contribution in [2.24, 2.45) is 5.73 Å². The third kappa shape index (κ3) is 3.66. The number of primary amides is 1. The van der Waals surface area contributed by atoms with E-state index in [0.29, 0.717) is 12.6 Å². The summed E-state index contributed by atoms with van der Waals surface area (Å²) in [6, 6.07) is 0.464. The van der Waals surface area contributed by atoms with E-state index in [1.807, 2.05) is 13.8 Å². The quantitative estimate of drug-likeness (QED) is 0.681. The average Bonchev–Trinajstić information content (AvgIpc) is 2.22. The summed E-state index contributed by atoms with van der Waals surface area (Å²) in [5.74, 6) is -0.273. The number of hydrogen-bond acceptors (Lipinski definition) is 4. The van der Waals surface area contributed by atoms with Gasteiger partial charge in [-0.3, -0.25) is 9.69 Å². The molecule has 1 aliphatic rings. The Kier molecular flexibility index (Phi) is 4.91. The van der Waals surface area contributed by atoms with E-state index < -0.39 is 5.54 Å². The number of piperazine rings is 1. The molecule has 0 aromatic rings. The molecule has 1 amide bonds. The van der Waals surface area contributed by atoms with Gasteiger partial charge in [-0.25, -0.2) is 0 Å². The monoisotopic (exact) mass is 242 g/mol. The van der Waals surface area contributed by atoms with Crippen molar-refractivity contribution in [2.75, 3.05) is 39.8 Å². The Balaban J connectivity index is 2.64. The number of rotatable bonds is 5. The van der Waals surface area contributed by atoms with Crippen molar-refractivity contribution >= 4 is 5.91 Å². The van der Waals surface area contributed by atoms with Crippen molar-refractivity contribution in [3.05, 3.63) is 0 Å². The topological polar surface area (TPSA) is 61.6 Å². The van der Waals surface area contributed by atoms with Crippen LogP contribution in [0.2, 0.25) is 0 Å². The molecule has 1 saturated heterocycles. The Hall–Kier alpha value is -0.650. The summed E-state index contributed by atoms with van der Waals surface area (Å²) in [7, 11) is 2.13. The lowest BCUT2D eigenvalue weighted by molar-refractivity contribution is -0.125. The Labute approximate surface area is 104 Å². The van der Waals surface area contributed by atoms with Gasteiger partial charge in [-0.1, -0.05) is 6.92 Å². The van der Waals surface area contributed by atoms with Crippen LogP contribution in [0.3, 0.4) is 0 Å². The molecule has 5 heteroatoms. The van der Waals surface area contributed by atoms with Crippen LogP contribution in [-0.4, -0.2) is 67.1 Å². The lowest BCUT2D eigenvalue weighted by Crippen LogP contribution is -2.63. The summed E-state index contributed by atoms with van der Waals surface area (Å²) in [4.78, 5) is 16.2. The highest BCUT2D eigenvalue weighted by atomic mass is 16.1. The first-order valence-electron chi connectivity index (χ1n) is 6.36. The van der Waals surface area contributed by atoms with Crippen LogP contribution in [0.5, 0.6) is 0 Å². The number of nitrogens with zero attached hydrogens (tertiary/aromatic N) is 2. The third-order valence-electron chi connectivity index (χ3n) is 3.60. The summed E-state index contributed by atoms with van der Waals surface area (Å²) in [6.45, 7) is 10.6. The van der Waals surface area contributed by atoms with Crippen molar-refractivity contribution in [3.63, 3.8) is 0 Å². The molecule has 2 atom stereocenters. The first-order chi connectivity index (χ1) is 7.89. The fourth-order valence-electron chi connectivity index (χ4n) is 2.43. The molecule has 0 saturated carbocycles. The molecule has 5 nitrogen and oxygen atoms in total. The number of nitrogens with one attached hydrogen (secondary N) is 1. The second kappa shape index (κ2) is 5.80. The average molecular weight is 242 g/mol. The fourth-order valence-corrected chi connectivity index (χ4v) is 2.43. The Morgan fingerprint density at radius 2 is 2.18 bits per heavy atom. The number of amides is 1. The zero-order chi connectivity index (χ0) is 13.1. The molecule has 1 heterocycles. The number of likely N-dealkylation sites (N-methyl/N-ethyl adjacent to an activating group) is 2. The summed E-state index contributed by atoms with van der Waals surface area (Å²) in [6.07, 6.45) is 0. The normalized spacial score (nSPS) is 26.7. The van der Waals surface area contributed by atoms with Crippen LogP contribution in [0, 0.1) is 0 Å². The number of carbonyl (C=O) groups excluding carboxylic acids is 1. The maximum atomic E-state index is 11.6. The first-order valence-corrected chi connectivity index (χ1v) is 6.36. The second-order valence-electron chi connectivity index (χ2n) is 5.31. The predicted molar refractivity (Wildman–Crippen MR) is 69.8 cm³/mol. The minimum Gasteiger partial charge on any atom is -0.368 e. The molecular weight excluding hydrogens is 216 g/mol. The van der Waals surface area contributed by atoms with Gasteiger partial charge in [0.15, 0.2) is 0 Å². The standard InChI is InChI=1S/C12H26N4O/c1-5-14-12(3,11(13)17)9-16-7-6-15(4)8-10(16)2/h10,14H,5-9H2,1-4H3,(H2,13,17). The zero-order valence-corrected chi connectivity index (χ0v) is 11.5. The fraction of sp³-hybridized carbons (Fsp3) is 0.917. The molecule has 1 aliphatic heterocycles. The summed E-state index contributed by atoms with van der Waals surface area (Å²) < 4.78 is 0. The van der Waals surface area contributed by atoms with Crippen LogP contribution >= 0.6 is 0 Å². The van der Waals surface area contributed by atoms with E-state index in [-0.39, 0.29) is 5.91 Å². The van der Waals surface area contributed by atoms with Crippen molar-refractivity contribution < 1.29 is 4.79 Å². The van der Waals surface area contributed by atoms with Gasteiger partial charge in [0.1, 0.15) is 5.54 Å². The molecule has 0 spiro atoms. The minimum atomic E-state index is -0.626. The van der Waals surface area contributed by atoms with Crippen LogP contribution in [0.4, 0.5) is 0 Å². The number of nitrogens with two attached hydrogens (primary N) is 1. The summed E-state index contributed by atoms with van der Waals surface area (Å²) in [5.41, 5.74) is 4.88. The Bertz CT molecular complexity index is 271. The minimum absolute atomic E-state index is 0.273. The van der Waals surface area contributed by atoms with E-state index >= 15 is 0 Å². The predicted octanol–water partition coefficient (Wildman–Crippen LogP) is -0.524. The second-order valence-corrected chi connectivity index (χ2v) is 5.31. The molecule has 1 fully saturated rings. The maximum Gasteiger partial charge on any atom is 0.238 e. The van der Waals surface area contributed by atoms with Gasteiger partial charge < -0.3 is 16.0 Å². The van der Waals surface area contributed by atoms with Crippen LogP contribution in [0.1, 0.15) is 20.8 Å². The maximum absolute atomic E-state index is 11.6. The molecule has 0 bridgehead atoms. The Morgan fingerprint density at radius 1 is 1.53 bits per heavy atom. The van der Waals surface area contributed by atoms with E-state index in [2.05, 4.69) is 29.1 Å². The van der Waals surface area contributed by atoms with Crippen molar-refractivity contribution in [1.82, 2.24) is 15.1 Å². The lowest BCUT2D eigenvalue weighted by Gasteiger charge is -2.42. The zero-order valence-electron chi connectivity index (χ0n) is 11.5. The highest BCUT2D eigenvalue weighted by Gasteiger charge is 2.34. The van der Waals surface area contributed by atoms with E-state index in [1.54, 1.807) is 0 Å². The van der Waals surface area contributed by atoms with E-state index in [1.165, 1.54) is 0 Å². The van der Waals surface area contributed by atoms with Gasteiger partial charge in [0, 0.05) is 32.2 Å². The molecule has 17 heavy (non-hydrogen) atoms. The highest BCUT2D eigenvalue weighted by Crippen LogP contribution is 2.13. The lowest BCUT2D eigenvalue weighted by atomic mass is 9.99. The van der Waals surface area contributed by atoms with Crippen LogP contribution in [0.25, 0.3) is 0 Å². The van der Waals surface area contributed by atoms with Gasteiger partial charge in [-0.15, -0.1) is 0 Å². The number of carbonyl (C=O) groups is 1. The third-order valence-corrected chi connectivity index (χ3v) is 3.60. The highest BCUT2D eigenvalue weighted by molar-refractivity contribution is 5.84. The molecule has 2 unspecified atom stereocenters. The van der Waals surface area contributed by atoms with Gasteiger partial charge in [0.25, 0.3) is 0 Å². The van der Waals surface area contributed by atoms with Crippen LogP contribution in [0.15, 0.2) is 0 Å². The molecular formula is C12H26N4O. The largest absolute Gasteiger partial charge is 0.368 e. The smallest absolute Gasteiger partial charge is 0.238 e. The van der Waals surface area contributed by atoms with Crippen LogP contribution < -0.4 is 11.1 Å². The van der Waals surface area contributed by atoms with Gasteiger partial charge in [-0.2, -0.15) is 0 Å². The van der Waals surface area contributed by atoms with E-state index in [9.17, 15) is 4.79 Å². The van der Waals surface area contributed by atoms with Crippen LogP contribution in [-0.2, 0) is 4.79 Å². The molecule has 0 radical (unpaired) electrons. The molecule has 3 N–H and O–H groups in total. The number of hydrogen-bond donors (Lipinski definition) is 2. The molecule has 100 valence electrons. The Morgan fingerprint density at radius 3 is 2.65 bits per heavy atom. The van der Waals surface area contributed by atoms with Gasteiger partial charge >= 0.3 is 0 Å². The molecule has 0 aromatic carbocycles. The van der Waals surface area contributed by atoms with Gasteiger partial charge in [0.05, 0.1) is 0 Å².